The zero-order chi connectivity index (χ0) is 49.1. The van der Waals surface area contributed by atoms with E-state index in [1.807, 2.05) is 32.9 Å². The van der Waals surface area contributed by atoms with Gasteiger partial charge in [-0.15, -0.1) is 6.58 Å². The minimum Gasteiger partial charge on any atom is -0.459 e. The number of ether oxygens (including phenoxy) is 3. The number of nitro groups is 1. The van der Waals surface area contributed by atoms with Gasteiger partial charge in [-0.05, 0) is 112 Å². The second-order valence-corrected chi connectivity index (χ2v) is 19.6. The Labute approximate surface area is 404 Å². The average molecular weight is 943 g/mol. The maximum atomic E-state index is 14.4. The normalized spacial score (nSPS) is 22.4. The third-order valence-corrected chi connectivity index (χ3v) is 13.4. The van der Waals surface area contributed by atoms with Gasteiger partial charge in [-0.2, -0.15) is 0 Å². The van der Waals surface area contributed by atoms with Crippen molar-refractivity contribution in [1.82, 2.24) is 10.2 Å². The van der Waals surface area contributed by atoms with E-state index in [2.05, 4.69) is 24.9 Å². The highest BCUT2D eigenvalue weighted by atomic mass is 16.7. The number of aliphatic hydroxyl groups excluding tert-OH is 2. The summed E-state index contributed by atoms with van der Waals surface area (Å²) in [7, 11) is 1.71. The lowest BCUT2D eigenvalue weighted by Gasteiger charge is -2.59. The zero-order valence-corrected chi connectivity index (χ0v) is 41.3. The van der Waals surface area contributed by atoms with E-state index < -0.39 is 34.4 Å². The highest BCUT2D eigenvalue weighted by molar-refractivity contribution is 6.03. The molecule has 1 heterocycles. The molecule has 1 fully saturated rings. The van der Waals surface area contributed by atoms with Crippen molar-refractivity contribution in [2.45, 2.75) is 160 Å². The Morgan fingerprint density at radius 1 is 0.956 bits per heavy atom. The molecule has 0 saturated heterocycles. The highest BCUT2D eigenvalue weighted by Crippen LogP contribution is 2.62. The largest absolute Gasteiger partial charge is 0.459 e. The SMILES string of the molecule is C=CCO[C@@]12Oc3ccc(OC(=O)NCCCCCCCCCCCC)cc3[C@H]3[C@H](CCCCO)[C@@H](CCCCO)C=C(C(=NOC(C)(C)C)C[C@@H]1N(C)C(=O)C=Cc1ccc([N+](=O)[O-])cc1)[C@H]32. The Balaban J connectivity index is 1.54. The summed E-state index contributed by atoms with van der Waals surface area (Å²) in [4.78, 5) is 46.3. The van der Waals surface area contributed by atoms with Gasteiger partial charge in [0.25, 0.3) is 5.69 Å². The molecule has 2 aliphatic carbocycles. The van der Waals surface area contributed by atoms with Crippen LogP contribution in [0.3, 0.4) is 0 Å². The molecule has 0 radical (unpaired) electrons. The average Bonchev–Trinajstić information content (AvgIpc) is 3.31. The molecule has 2 amide bonds. The summed E-state index contributed by atoms with van der Waals surface area (Å²) in [5.74, 6) is -1.76. The zero-order valence-electron chi connectivity index (χ0n) is 41.3. The molecular weight excluding hydrogens is 865 g/mol. The summed E-state index contributed by atoms with van der Waals surface area (Å²) in [6, 6.07) is 10.7. The van der Waals surface area contributed by atoms with Gasteiger partial charge in [0.1, 0.15) is 23.1 Å². The molecule has 6 atom stereocenters. The first-order chi connectivity index (χ1) is 32.8. The van der Waals surface area contributed by atoms with E-state index in [4.69, 9.17) is 24.2 Å². The molecule has 2 aromatic carbocycles. The summed E-state index contributed by atoms with van der Waals surface area (Å²) in [6.45, 7) is 12.8. The number of likely N-dealkylation sites (N-methyl/N-ethyl adjacent to an activating group) is 1. The number of allylic oxidation sites excluding steroid dienone is 1. The van der Waals surface area contributed by atoms with E-state index in [-0.39, 0.29) is 55.6 Å². The van der Waals surface area contributed by atoms with E-state index in [0.717, 1.165) is 56.1 Å². The second-order valence-electron chi connectivity index (χ2n) is 19.6. The van der Waals surface area contributed by atoms with Gasteiger partial charge < -0.3 is 39.5 Å². The van der Waals surface area contributed by atoms with E-state index in [1.165, 1.54) is 63.2 Å². The van der Waals surface area contributed by atoms with Gasteiger partial charge in [-0.3, -0.25) is 14.9 Å². The van der Waals surface area contributed by atoms with Gasteiger partial charge in [0.15, 0.2) is 0 Å². The molecule has 0 bridgehead atoms. The molecule has 2 aromatic rings. The molecule has 0 spiro atoms. The molecule has 3 aliphatic rings. The summed E-state index contributed by atoms with van der Waals surface area (Å²) < 4.78 is 20.2. The van der Waals surface area contributed by atoms with Crippen LogP contribution in [0.1, 0.15) is 154 Å². The van der Waals surface area contributed by atoms with Gasteiger partial charge in [-0.25, -0.2) is 4.79 Å². The number of fused-ring (bicyclic) bond motifs is 2. The topological polar surface area (TPSA) is 182 Å². The number of nitrogens with zero attached hydrogens (tertiary/aromatic N) is 3. The molecule has 1 aliphatic heterocycles. The number of aliphatic hydroxyl groups is 2. The number of hydrogen-bond donors (Lipinski definition) is 3. The first kappa shape index (κ1) is 53.9. The lowest BCUT2D eigenvalue weighted by atomic mass is 9.55. The lowest BCUT2D eigenvalue weighted by Crippen LogP contribution is -2.69. The number of nitro benzene ring substituents is 1. The number of amides is 2. The number of carbonyl (C=O) groups excluding carboxylic acids is 2. The van der Waals surface area contributed by atoms with Crippen molar-refractivity contribution in [1.29, 1.82) is 0 Å². The first-order valence-corrected chi connectivity index (χ1v) is 25.2. The number of oxime groups is 1. The quantitative estimate of drug-likeness (QED) is 0.0244. The van der Waals surface area contributed by atoms with Crippen LogP contribution in [-0.4, -0.2) is 88.6 Å². The van der Waals surface area contributed by atoms with Crippen LogP contribution in [0.25, 0.3) is 6.08 Å². The molecule has 3 N–H and O–H groups in total. The predicted octanol–water partition coefficient (Wildman–Crippen LogP) is 11.2. The van der Waals surface area contributed by atoms with Crippen LogP contribution in [0.4, 0.5) is 10.5 Å². The van der Waals surface area contributed by atoms with Crippen molar-refractivity contribution in [3.8, 4) is 11.5 Å². The Morgan fingerprint density at radius 2 is 1.62 bits per heavy atom. The lowest BCUT2D eigenvalue weighted by molar-refractivity contribution is -0.384. The number of nitrogens with one attached hydrogen (secondary N) is 1. The molecule has 68 heavy (non-hydrogen) atoms. The van der Waals surface area contributed by atoms with Crippen LogP contribution in [0.5, 0.6) is 11.5 Å². The van der Waals surface area contributed by atoms with Crippen LogP contribution in [0, 0.1) is 27.9 Å². The van der Waals surface area contributed by atoms with Crippen LogP contribution >= 0.6 is 0 Å². The monoisotopic (exact) mass is 943 g/mol. The molecule has 0 unspecified atom stereocenters. The first-order valence-electron chi connectivity index (χ1n) is 25.2. The van der Waals surface area contributed by atoms with Crippen molar-refractivity contribution < 1.29 is 43.8 Å². The van der Waals surface area contributed by atoms with Gasteiger partial charge in [-0.1, -0.05) is 94.9 Å². The van der Waals surface area contributed by atoms with Crippen LogP contribution in [0.15, 0.2) is 78.0 Å². The number of non-ortho nitro benzene ring substituents is 1. The standard InChI is InChI=1S/C54H78N4O10/c1-7-9-10-11-12-13-14-15-16-19-32-55-52(62)66-42-29-30-47-45(37-42)50-43(23-18-21-34-60)40(22-17-20-33-59)36-44-46(56-68-53(3,4)5)38-48(54(67-47,51(44)50)65-35-8-2)57(6)49(61)31-26-39-24-27-41(28-25-39)58(63)64/h8,24-31,36-37,40,43,48,50-51,59-60H,2,7,9-23,32-35,38H2,1,3-6H3,(H,55,62)/t40-,43+,48-,50+,51+,54+/m0/s1. The van der Waals surface area contributed by atoms with Crippen molar-refractivity contribution in [2.24, 2.45) is 22.9 Å². The molecule has 374 valence electrons. The summed E-state index contributed by atoms with van der Waals surface area (Å²) >= 11 is 0. The smallest absolute Gasteiger partial charge is 0.412 e. The molecule has 5 rings (SSSR count). The molecule has 0 aromatic heterocycles. The summed E-state index contributed by atoms with van der Waals surface area (Å²) in [6.07, 6.45) is 23.0. The van der Waals surface area contributed by atoms with Gasteiger partial charge in [0.2, 0.25) is 11.7 Å². The molecule has 14 nitrogen and oxygen atoms in total. The van der Waals surface area contributed by atoms with Gasteiger partial charge in [0, 0.05) is 62.9 Å². The Bertz CT molecular complexity index is 2040. The predicted molar refractivity (Wildman–Crippen MR) is 267 cm³/mol. The van der Waals surface area contributed by atoms with E-state index in [1.54, 1.807) is 42.3 Å². The second kappa shape index (κ2) is 26.6. The summed E-state index contributed by atoms with van der Waals surface area (Å²) in [5.41, 5.74) is 2.31. The van der Waals surface area contributed by atoms with Crippen LogP contribution < -0.4 is 14.8 Å². The van der Waals surface area contributed by atoms with Gasteiger partial charge in [0.05, 0.1) is 23.2 Å². The fourth-order valence-electron chi connectivity index (χ4n) is 10.1. The summed E-state index contributed by atoms with van der Waals surface area (Å²) in [5, 5.41) is 39.0. The Morgan fingerprint density at radius 3 is 2.25 bits per heavy atom. The maximum absolute atomic E-state index is 14.4. The Hall–Kier alpha value is -5.05. The third-order valence-electron chi connectivity index (χ3n) is 13.4. The minimum atomic E-state index is -1.47. The van der Waals surface area contributed by atoms with Gasteiger partial charge >= 0.3 is 6.09 Å². The van der Waals surface area contributed by atoms with Crippen molar-refractivity contribution in [2.75, 3.05) is 33.4 Å². The fraction of sp³-hybridized carbons (Fsp3) is 0.611. The molecule has 1 saturated carbocycles. The number of carbonyl (C=O) groups is 2. The Kier molecular flexibility index (Phi) is 21.1. The van der Waals surface area contributed by atoms with Crippen molar-refractivity contribution >= 4 is 29.5 Å². The molecular formula is C54H78N4O10. The molecule has 14 heteroatoms. The van der Waals surface area contributed by atoms with E-state index in [9.17, 15) is 29.9 Å². The van der Waals surface area contributed by atoms with Crippen LogP contribution in [-0.2, 0) is 14.4 Å². The third kappa shape index (κ3) is 14.7. The van der Waals surface area contributed by atoms with E-state index in [0.29, 0.717) is 42.2 Å². The fourth-order valence-corrected chi connectivity index (χ4v) is 10.1. The van der Waals surface area contributed by atoms with E-state index >= 15 is 0 Å². The van der Waals surface area contributed by atoms with Crippen molar-refractivity contribution in [3.63, 3.8) is 0 Å². The highest BCUT2D eigenvalue weighted by Gasteiger charge is 2.65. The number of hydrogen-bond acceptors (Lipinski definition) is 11. The van der Waals surface area contributed by atoms with Crippen molar-refractivity contribution in [3.05, 3.63) is 94.1 Å². The number of rotatable bonds is 28. The van der Waals surface area contributed by atoms with Crippen LogP contribution in [0.2, 0.25) is 0 Å². The number of benzene rings is 2. The number of unbranched alkanes of at least 4 members (excludes halogenated alkanes) is 11. The maximum Gasteiger partial charge on any atom is 0.412 e. The minimum absolute atomic E-state index is 0.0182.